The van der Waals surface area contributed by atoms with Gasteiger partial charge in [0, 0.05) is 36.7 Å². The molecule has 0 atom stereocenters. The first kappa shape index (κ1) is 28.5. The molecule has 5 aromatic rings. The van der Waals surface area contributed by atoms with Crippen molar-refractivity contribution in [1.29, 1.82) is 0 Å². The number of hydrogen-bond acceptors (Lipinski definition) is 10. The molecule has 1 aromatic carbocycles. The predicted octanol–water partition coefficient (Wildman–Crippen LogP) is 4.36. The van der Waals surface area contributed by atoms with Crippen molar-refractivity contribution in [3.8, 4) is 11.4 Å². The van der Waals surface area contributed by atoms with E-state index >= 15 is 0 Å². The molecule has 214 valence electrons. The van der Waals surface area contributed by atoms with Crippen molar-refractivity contribution < 1.29 is 24.0 Å². The first-order valence-electron chi connectivity index (χ1n) is 12.4. The van der Waals surface area contributed by atoms with Gasteiger partial charge in [-0.15, -0.1) is 11.3 Å². The topological polar surface area (TPSA) is 153 Å². The molecule has 0 unspecified atom stereocenters. The average molecular weight is 607 g/mol. The lowest BCUT2D eigenvalue weighted by atomic mass is 10.1. The van der Waals surface area contributed by atoms with Crippen LogP contribution in [-0.2, 0) is 13.1 Å². The number of thiophene rings is 1. The molecule has 14 heteroatoms. The number of benzene rings is 1. The van der Waals surface area contributed by atoms with Crippen molar-refractivity contribution in [1.82, 2.24) is 19.5 Å². The third kappa shape index (κ3) is 5.87. The maximum Gasteiger partial charge on any atom is 0.335 e. The number of aromatic carboxylic acids is 1. The third-order valence-electron chi connectivity index (χ3n) is 6.24. The van der Waals surface area contributed by atoms with Crippen LogP contribution in [0.2, 0.25) is 4.34 Å². The molecule has 0 aliphatic heterocycles. The van der Waals surface area contributed by atoms with Crippen molar-refractivity contribution in [2.45, 2.75) is 13.1 Å². The average Bonchev–Trinajstić information content (AvgIpc) is 3.74. The summed E-state index contributed by atoms with van der Waals surface area (Å²) in [6, 6.07) is 15.4. The Morgan fingerprint density at radius 1 is 1.07 bits per heavy atom. The quantitative estimate of drug-likeness (QED) is 0.219. The number of anilines is 2. The van der Waals surface area contributed by atoms with Crippen LogP contribution in [-0.4, -0.2) is 56.4 Å². The van der Waals surface area contributed by atoms with Gasteiger partial charge in [-0.3, -0.25) is 19.0 Å². The molecule has 0 saturated carbocycles. The van der Waals surface area contributed by atoms with Gasteiger partial charge < -0.3 is 19.8 Å². The van der Waals surface area contributed by atoms with Crippen LogP contribution in [0.1, 0.15) is 36.1 Å². The van der Waals surface area contributed by atoms with Gasteiger partial charge in [0.05, 0.1) is 34.9 Å². The van der Waals surface area contributed by atoms with Gasteiger partial charge in [0.1, 0.15) is 17.2 Å². The first-order chi connectivity index (χ1) is 20.1. The number of carboxylic acids is 1. The Bertz CT molecular complexity index is 1860. The van der Waals surface area contributed by atoms with Crippen molar-refractivity contribution in [3.63, 3.8) is 0 Å². The number of nitrogens with zero attached hydrogens (tertiary/aromatic N) is 5. The molecule has 4 heterocycles. The van der Waals surface area contributed by atoms with E-state index in [4.69, 9.17) is 16.1 Å². The Labute approximate surface area is 247 Å². The summed E-state index contributed by atoms with van der Waals surface area (Å²) in [5.74, 6) is -2.01. The number of carbonyl (C=O) groups excluding carboxylic acids is 2. The number of nitrogens with one attached hydrogen (secondary N) is 1. The van der Waals surface area contributed by atoms with Gasteiger partial charge in [-0.2, -0.15) is 9.78 Å². The molecule has 0 fully saturated rings. The van der Waals surface area contributed by atoms with Gasteiger partial charge in [0.2, 0.25) is 11.5 Å². The Balaban J connectivity index is 1.61. The lowest BCUT2D eigenvalue weighted by Crippen LogP contribution is -2.30. The number of Topliss-reactive ketones (excluding diaryl/α,β-unsaturated/α-hetero) is 1. The number of rotatable bonds is 10. The largest absolute Gasteiger partial charge is 0.478 e. The normalized spacial score (nSPS) is 10.9. The van der Waals surface area contributed by atoms with Gasteiger partial charge in [0.15, 0.2) is 0 Å². The van der Waals surface area contributed by atoms with Crippen LogP contribution in [0.5, 0.6) is 0 Å². The van der Waals surface area contributed by atoms with E-state index in [1.54, 1.807) is 43.3 Å². The monoisotopic (exact) mass is 606 g/mol. The van der Waals surface area contributed by atoms with Crippen molar-refractivity contribution in [2.24, 2.45) is 0 Å². The molecule has 0 radical (unpaired) electrons. The molecule has 12 nitrogen and oxygen atoms in total. The van der Waals surface area contributed by atoms with Gasteiger partial charge in [-0.25, -0.2) is 4.79 Å². The Hall–Kier alpha value is -5.01. The maximum atomic E-state index is 13.6. The van der Waals surface area contributed by atoms with Crippen LogP contribution < -0.4 is 15.8 Å². The summed E-state index contributed by atoms with van der Waals surface area (Å²) < 4.78 is 7.94. The molecule has 0 saturated heterocycles. The molecule has 4 aromatic heterocycles. The highest BCUT2D eigenvalue weighted by molar-refractivity contribution is 7.16. The van der Waals surface area contributed by atoms with Gasteiger partial charge in [0.25, 0.3) is 11.5 Å². The number of carbonyl (C=O) groups is 3. The molecule has 0 spiro atoms. The summed E-state index contributed by atoms with van der Waals surface area (Å²) in [6.45, 7) is -0.0652. The van der Waals surface area contributed by atoms with Gasteiger partial charge in [-0.1, -0.05) is 22.8 Å². The van der Waals surface area contributed by atoms with Crippen molar-refractivity contribution in [3.05, 3.63) is 103 Å². The number of aromatic nitrogens is 4. The highest BCUT2D eigenvalue weighted by Crippen LogP contribution is 2.27. The number of pyridine rings is 1. The fourth-order valence-electron chi connectivity index (χ4n) is 4.19. The van der Waals surface area contributed by atoms with Crippen molar-refractivity contribution >= 4 is 52.1 Å². The Morgan fingerprint density at radius 2 is 1.86 bits per heavy atom. The summed E-state index contributed by atoms with van der Waals surface area (Å²) >= 11 is 7.43. The Kier molecular flexibility index (Phi) is 8.04. The molecular formula is C28H23ClN6O6S. The van der Waals surface area contributed by atoms with Gasteiger partial charge >= 0.3 is 5.97 Å². The molecule has 0 aliphatic rings. The standard InChI is InChI=1S/C28H23ClN6O6S/c1-33(2)21-8-7-20(34(27(21)38)15-22(36)23-10-11-31-41-23)19-13-25(30-14-18-6-9-24(29)42-18)35(32-19)26(37)16-4-3-5-17(12-16)28(39)40/h3-13,30H,14-15H2,1-2H3,(H,39,40). The summed E-state index contributed by atoms with van der Waals surface area (Å²) in [5.41, 5.74) is 0.396. The zero-order chi connectivity index (χ0) is 30.0. The second-order valence-electron chi connectivity index (χ2n) is 9.27. The molecular weight excluding hydrogens is 584 g/mol. The molecule has 42 heavy (non-hydrogen) atoms. The smallest absolute Gasteiger partial charge is 0.335 e. The SMILES string of the molecule is CN(C)c1ccc(-c2cc(NCc3ccc(Cl)s3)n(C(=O)c3cccc(C(=O)O)c3)n2)n(CC(=O)c2ccno2)c1=O. The molecule has 0 bridgehead atoms. The lowest BCUT2D eigenvalue weighted by molar-refractivity contribution is 0.0696. The molecule has 5 rings (SSSR count). The van der Waals surface area contributed by atoms with E-state index in [0.29, 0.717) is 16.6 Å². The van der Waals surface area contributed by atoms with Crippen LogP contribution in [0.4, 0.5) is 11.5 Å². The van der Waals surface area contributed by atoms with Gasteiger partial charge in [-0.05, 0) is 42.5 Å². The van der Waals surface area contributed by atoms with E-state index < -0.39 is 23.2 Å². The third-order valence-corrected chi connectivity index (χ3v) is 7.47. The predicted molar refractivity (Wildman–Crippen MR) is 157 cm³/mol. The van der Waals surface area contributed by atoms with Crippen LogP contribution in [0, 0.1) is 0 Å². The van der Waals surface area contributed by atoms with E-state index in [2.05, 4.69) is 15.6 Å². The lowest BCUT2D eigenvalue weighted by Gasteiger charge is -2.16. The molecule has 0 aliphatic carbocycles. The van der Waals surface area contributed by atoms with Crippen LogP contribution in [0.25, 0.3) is 11.4 Å². The van der Waals surface area contributed by atoms with E-state index in [0.717, 1.165) is 9.56 Å². The summed E-state index contributed by atoms with van der Waals surface area (Å²) in [7, 11) is 3.41. The highest BCUT2D eigenvalue weighted by Gasteiger charge is 2.23. The minimum Gasteiger partial charge on any atom is -0.478 e. The minimum atomic E-state index is -1.18. The fourth-order valence-corrected chi connectivity index (χ4v) is 5.22. The van der Waals surface area contributed by atoms with Crippen LogP contribution >= 0.6 is 22.9 Å². The molecule has 0 amide bonds. The summed E-state index contributed by atoms with van der Waals surface area (Å²) in [6.07, 6.45) is 1.33. The Morgan fingerprint density at radius 3 is 2.52 bits per heavy atom. The summed E-state index contributed by atoms with van der Waals surface area (Å²) in [5, 5.41) is 20.7. The number of ketones is 1. The van der Waals surface area contributed by atoms with E-state index in [-0.39, 0.29) is 40.6 Å². The number of carboxylic acid groups (broad SMARTS) is 1. The summed E-state index contributed by atoms with van der Waals surface area (Å²) in [4.78, 5) is 54.1. The zero-order valence-corrected chi connectivity index (χ0v) is 23.8. The van der Waals surface area contributed by atoms with Crippen LogP contribution in [0.3, 0.4) is 0 Å². The van der Waals surface area contributed by atoms with E-state index in [1.165, 1.54) is 52.4 Å². The minimum absolute atomic E-state index is 0.0147. The molecule has 2 N–H and O–H groups in total. The van der Waals surface area contributed by atoms with E-state index in [1.807, 2.05) is 6.07 Å². The van der Waals surface area contributed by atoms with Crippen LogP contribution in [0.15, 0.2) is 76.2 Å². The second kappa shape index (κ2) is 11.8. The first-order valence-corrected chi connectivity index (χ1v) is 13.6. The van der Waals surface area contributed by atoms with E-state index in [9.17, 15) is 24.3 Å². The second-order valence-corrected chi connectivity index (χ2v) is 11.1. The maximum absolute atomic E-state index is 13.6. The number of halogens is 1. The highest BCUT2D eigenvalue weighted by atomic mass is 35.5. The van der Waals surface area contributed by atoms with Crippen molar-refractivity contribution in [2.75, 3.05) is 24.3 Å². The zero-order valence-electron chi connectivity index (χ0n) is 22.3. The number of hydrogen-bond donors (Lipinski definition) is 2. The fraction of sp³-hybridized carbons (Fsp3) is 0.143.